The van der Waals surface area contributed by atoms with E-state index in [0.29, 0.717) is 5.75 Å². The molecule has 86 valence electrons. The lowest BCUT2D eigenvalue weighted by Crippen LogP contribution is -1.94. The summed E-state index contributed by atoms with van der Waals surface area (Å²) >= 11 is 5.77. The third kappa shape index (κ3) is 2.54. The van der Waals surface area contributed by atoms with E-state index in [1.165, 1.54) is 12.1 Å². The van der Waals surface area contributed by atoms with Crippen LogP contribution >= 0.6 is 11.6 Å². The molecule has 0 spiro atoms. The standard InChI is InChI=1S/C12H8ClNO3/c13-10-7-4-8-11(12(10)14(15)16)17-9-5-2-1-3-6-9/h1-8H. The van der Waals surface area contributed by atoms with E-state index in [1.54, 1.807) is 30.3 Å². The molecule has 0 N–H and O–H groups in total. The summed E-state index contributed by atoms with van der Waals surface area (Å²) in [4.78, 5) is 10.3. The minimum atomic E-state index is -0.555. The molecule has 0 bridgehead atoms. The average Bonchev–Trinajstić information content (AvgIpc) is 2.30. The SMILES string of the molecule is O=[N+]([O-])c1c(Cl)cccc1Oc1ccccc1. The smallest absolute Gasteiger partial charge is 0.329 e. The Morgan fingerprint density at radius 1 is 1.06 bits per heavy atom. The van der Waals surface area contributed by atoms with E-state index in [4.69, 9.17) is 16.3 Å². The van der Waals surface area contributed by atoms with Gasteiger partial charge in [0.15, 0.2) is 0 Å². The molecule has 0 aliphatic carbocycles. The fraction of sp³-hybridized carbons (Fsp3) is 0. The second-order valence-electron chi connectivity index (χ2n) is 3.26. The van der Waals surface area contributed by atoms with Gasteiger partial charge >= 0.3 is 5.69 Å². The first kappa shape index (κ1) is 11.4. The van der Waals surface area contributed by atoms with Crippen LogP contribution in [0.15, 0.2) is 48.5 Å². The molecule has 2 aromatic rings. The largest absolute Gasteiger partial charge is 0.450 e. The Balaban J connectivity index is 2.40. The highest BCUT2D eigenvalue weighted by Gasteiger charge is 2.19. The van der Waals surface area contributed by atoms with Crippen LogP contribution in [0.4, 0.5) is 5.69 Å². The number of ether oxygens (including phenoxy) is 1. The Kier molecular flexibility index (Phi) is 3.25. The quantitative estimate of drug-likeness (QED) is 0.609. The molecule has 0 aliphatic rings. The summed E-state index contributed by atoms with van der Waals surface area (Å²) in [7, 11) is 0. The lowest BCUT2D eigenvalue weighted by atomic mass is 10.3. The lowest BCUT2D eigenvalue weighted by Gasteiger charge is -2.06. The van der Waals surface area contributed by atoms with Gasteiger partial charge in [0.05, 0.1) is 4.92 Å². The summed E-state index contributed by atoms with van der Waals surface area (Å²) in [5.74, 6) is 0.659. The minimum Gasteiger partial charge on any atom is -0.450 e. The van der Waals surface area contributed by atoms with E-state index in [9.17, 15) is 10.1 Å². The zero-order chi connectivity index (χ0) is 12.3. The van der Waals surface area contributed by atoms with E-state index in [1.807, 2.05) is 6.07 Å². The van der Waals surface area contributed by atoms with Gasteiger partial charge in [-0.2, -0.15) is 0 Å². The van der Waals surface area contributed by atoms with Gasteiger partial charge in [-0.15, -0.1) is 0 Å². The maximum absolute atomic E-state index is 10.9. The van der Waals surface area contributed by atoms with Gasteiger partial charge in [-0.1, -0.05) is 35.9 Å². The highest BCUT2D eigenvalue weighted by Crippen LogP contribution is 2.36. The molecule has 2 rings (SSSR count). The lowest BCUT2D eigenvalue weighted by molar-refractivity contribution is -0.385. The molecule has 0 radical (unpaired) electrons. The van der Waals surface area contributed by atoms with Gasteiger partial charge in [-0.3, -0.25) is 10.1 Å². The Labute approximate surface area is 103 Å². The number of halogens is 1. The number of hydrogen-bond acceptors (Lipinski definition) is 3. The van der Waals surface area contributed by atoms with Crippen molar-refractivity contribution in [3.8, 4) is 11.5 Å². The molecule has 0 saturated carbocycles. The maximum atomic E-state index is 10.9. The number of nitro groups is 1. The van der Waals surface area contributed by atoms with Crippen molar-refractivity contribution in [2.75, 3.05) is 0 Å². The summed E-state index contributed by atoms with van der Waals surface area (Å²) in [5, 5.41) is 10.9. The van der Waals surface area contributed by atoms with Gasteiger partial charge in [-0.25, -0.2) is 0 Å². The molecule has 5 heteroatoms. The molecule has 0 amide bonds. The van der Waals surface area contributed by atoms with Crippen LogP contribution in [0.5, 0.6) is 11.5 Å². The summed E-state index contributed by atoms with van der Waals surface area (Å²) in [6.45, 7) is 0. The molecule has 2 aromatic carbocycles. The first-order valence-electron chi connectivity index (χ1n) is 4.84. The van der Waals surface area contributed by atoms with Gasteiger partial charge in [0.2, 0.25) is 5.75 Å². The number of benzene rings is 2. The van der Waals surface area contributed by atoms with Crippen LogP contribution in [0.1, 0.15) is 0 Å². The zero-order valence-corrected chi connectivity index (χ0v) is 9.42. The van der Waals surface area contributed by atoms with Crippen molar-refractivity contribution in [1.29, 1.82) is 0 Å². The third-order valence-electron chi connectivity index (χ3n) is 2.10. The van der Waals surface area contributed by atoms with Crippen molar-refractivity contribution < 1.29 is 9.66 Å². The topological polar surface area (TPSA) is 52.4 Å². The highest BCUT2D eigenvalue weighted by atomic mass is 35.5. The van der Waals surface area contributed by atoms with Gasteiger partial charge < -0.3 is 4.74 Å². The summed E-state index contributed by atoms with van der Waals surface area (Å²) in [6, 6.07) is 13.4. The monoisotopic (exact) mass is 249 g/mol. The van der Waals surface area contributed by atoms with Crippen molar-refractivity contribution in [1.82, 2.24) is 0 Å². The number of para-hydroxylation sites is 2. The van der Waals surface area contributed by atoms with Crippen LogP contribution in [-0.2, 0) is 0 Å². The van der Waals surface area contributed by atoms with E-state index in [-0.39, 0.29) is 16.5 Å². The average molecular weight is 250 g/mol. The second-order valence-corrected chi connectivity index (χ2v) is 3.67. The molecule has 17 heavy (non-hydrogen) atoms. The van der Waals surface area contributed by atoms with E-state index >= 15 is 0 Å². The molecule has 0 aromatic heterocycles. The van der Waals surface area contributed by atoms with E-state index in [2.05, 4.69) is 0 Å². The van der Waals surface area contributed by atoms with E-state index in [0.717, 1.165) is 0 Å². The number of nitrogens with zero attached hydrogens (tertiary/aromatic N) is 1. The van der Waals surface area contributed by atoms with Crippen molar-refractivity contribution in [3.63, 3.8) is 0 Å². The van der Waals surface area contributed by atoms with Crippen LogP contribution in [0, 0.1) is 10.1 Å². The molecule has 0 unspecified atom stereocenters. The summed E-state index contributed by atoms with van der Waals surface area (Å²) in [6.07, 6.45) is 0. The molecule has 0 heterocycles. The second kappa shape index (κ2) is 4.84. The Hall–Kier alpha value is -2.07. The number of nitro benzene ring substituents is 1. The Morgan fingerprint density at radius 2 is 1.76 bits per heavy atom. The fourth-order valence-corrected chi connectivity index (χ4v) is 1.61. The minimum absolute atomic E-state index is 0.0587. The van der Waals surface area contributed by atoms with Crippen LogP contribution in [-0.4, -0.2) is 4.92 Å². The van der Waals surface area contributed by atoms with Gasteiger partial charge in [0.1, 0.15) is 10.8 Å². The summed E-state index contributed by atoms with van der Waals surface area (Å²) in [5.41, 5.74) is -0.224. The molecular formula is C12H8ClNO3. The van der Waals surface area contributed by atoms with Gasteiger partial charge in [-0.05, 0) is 24.3 Å². The van der Waals surface area contributed by atoms with Crippen LogP contribution < -0.4 is 4.74 Å². The van der Waals surface area contributed by atoms with Crippen LogP contribution in [0.2, 0.25) is 5.02 Å². The molecule has 0 saturated heterocycles. The van der Waals surface area contributed by atoms with Crippen molar-refractivity contribution in [3.05, 3.63) is 63.7 Å². The van der Waals surface area contributed by atoms with Crippen molar-refractivity contribution in [2.24, 2.45) is 0 Å². The van der Waals surface area contributed by atoms with Crippen molar-refractivity contribution in [2.45, 2.75) is 0 Å². The first-order chi connectivity index (χ1) is 8.18. The Morgan fingerprint density at radius 3 is 2.41 bits per heavy atom. The predicted octanol–water partition coefficient (Wildman–Crippen LogP) is 4.04. The molecule has 0 aliphatic heterocycles. The highest BCUT2D eigenvalue weighted by molar-refractivity contribution is 6.32. The summed E-state index contributed by atoms with van der Waals surface area (Å²) < 4.78 is 5.43. The zero-order valence-electron chi connectivity index (χ0n) is 8.67. The fourth-order valence-electron chi connectivity index (χ4n) is 1.37. The van der Waals surface area contributed by atoms with Crippen molar-refractivity contribution >= 4 is 17.3 Å². The molecule has 0 atom stereocenters. The number of hydrogen-bond donors (Lipinski definition) is 0. The first-order valence-corrected chi connectivity index (χ1v) is 5.22. The van der Waals surface area contributed by atoms with E-state index < -0.39 is 4.92 Å². The molecule has 0 fully saturated rings. The normalized spacial score (nSPS) is 9.94. The Bertz CT molecular complexity index is 543. The number of rotatable bonds is 3. The van der Waals surface area contributed by atoms with Crippen LogP contribution in [0.3, 0.4) is 0 Å². The maximum Gasteiger partial charge on any atom is 0.329 e. The van der Waals surface area contributed by atoms with Crippen LogP contribution in [0.25, 0.3) is 0 Å². The van der Waals surface area contributed by atoms with Gasteiger partial charge in [0, 0.05) is 0 Å². The van der Waals surface area contributed by atoms with Gasteiger partial charge in [0.25, 0.3) is 0 Å². The predicted molar refractivity (Wildman–Crippen MR) is 64.6 cm³/mol. The molecule has 4 nitrogen and oxygen atoms in total. The molecular weight excluding hydrogens is 242 g/mol. The third-order valence-corrected chi connectivity index (χ3v) is 2.41.